The van der Waals surface area contributed by atoms with Crippen LogP contribution < -0.4 is 10.2 Å². The topological polar surface area (TPSA) is 96.0 Å². The lowest BCUT2D eigenvalue weighted by atomic mass is 10.0. The molecule has 0 fully saturated rings. The number of anilines is 1. The van der Waals surface area contributed by atoms with Crippen LogP contribution in [0, 0.1) is 0 Å². The van der Waals surface area contributed by atoms with Gasteiger partial charge in [0.2, 0.25) is 5.91 Å². The van der Waals surface area contributed by atoms with E-state index in [9.17, 15) is 19.2 Å². The summed E-state index contributed by atoms with van der Waals surface area (Å²) in [6, 6.07) is 14.1. The SMILES string of the molecule is COC(=O)CNC(=O)CCN1C(=O)c2ccccc2N2C(=O)c3ccccc3C12. The third-order valence-corrected chi connectivity index (χ3v) is 5.12. The summed E-state index contributed by atoms with van der Waals surface area (Å²) in [5, 5.41) is 2.46. The molecule has 8 nitrogen and oxygen atoms in total. The van der Waals surface area contributed by atoms with Crippen LogP contribution in [0.15, 0.2) is 48.5 Å². The van der Waals surface area contributed by atoms with Gasteiger partial charge in [-0.05, 0) is 18.2 Å². The molecule has 0 saturated heterocycles. The van der Waals surface area contributed by atoms with Crippen LogP contribution in [0.2, 0.25) is 0 Å². The first kappa shape index (κ1) is 18.7. The second-order valence-corrected chi connectivity index (χ2v) is 6.75. The highest BCUT2D eigenvalue weighted by molar-refractivity contribution is 6.16. The molecule has 3 amide bonds. The van der Waals surface area contributed by atoms with Crippen LogP contribution in [0.4, 0.5) is 5.69 Å². The highest BCUT2D eigenvalue weighted by Crippen LogP contribution is 2.45. The van der Waals surface area contributed by atoms with Crippen molar-refractivity contribution in [1.82, 2.24) is 10.2 Å². The Morgan fingerprint density at radius 3 is 2.45 bits per heavy atom. The molecule has 2 aromatic rings. The van der Waals surface area contributed by atoms with Gasteiger partial charge < -0.3 is 15.0 Å². The van der Waals surface area contributed by atoms with Crippen molar-refractivity contribution in [3.8, 4) is 0 Å². The number of esters is 1. The third kappa shape index (κ3) is 3.12. The maximum Gasteiger partial charge on any atom is 0.325 e. The summed E-state index contributed by atoms with van der Waals surface area (Å²) in [6.45, 7) is -0.133. The zero-order valence-electron chi connectivity index (χ0n) is 15.8. The Bertz CT molecular complexity index is 1020. The fourth-order valence-electron chi connectivity index (χ4n) is 3.75. The number of nitrogens with zero attached hydrogens (tertiary/aromatic N) is 2. The quantitative estimate of drug-likeness (QED) is 0.777. The Balaban J connectivity index is 1.63. The van der Waals surface area contributed by atoms with Crippen molar-refractivity contribution in [2.45, 2.75) is 12.6 Å². The summed E-state index contributed by atoms with van der Waals surface area (Å²) in [5.41, 5.74) is 2.26. The first-order chi connectivity index (χ1) is 14.0. The summed E-state index contributed by atoms with van der Waals surface area (Å²) < 4.78 is 4.50. The molecule has 0 spiro atoms. The Hall–Kier alpha value is -3.68. The van der Waals surface area contributed by atoms with Gasteiger partial charge in [0.05, 0.1) is 18.4 Å². The van der Waals surface area contributed by atoms with Gasteiger partial charge >= 0.3 is 5.97 Å². The van der Waals surface area contributed by atoms with Gasteiger partial charge in [0, 0.05) is 24.1 Å². The molecular weight excluding hydrogens is 374 g/mol. The van der Waals surface area contributed by atoms with E-state index in [1.54, 1.807) is 41.3 Å². The van der Waals surface area contributed by atoms with Crippen molar-refractivity contribution in [1.29, 1.82) is 0 Å². The van der Waals surface area contributed by atoms with E-state index in [2.05, 4.69) is 10.1 Å². The molecule has 148 valence electrons. The molecule has 2 heterocycles. The minimum absolute atomic E-state index is 0.00833. The number of benzene rings is 2. The average Bonchev–Trinajstić information content (AvgIpc) is 3.05. The molecule has 0 bridgehead atoms. The van der Waals surface area contributed by atoms with Crippen LogP contribution in [0.1, 0.15) is 38.9 Å². The minimum atomic E-state index is -0.602. The van der Waals surface area contributed by atoms with Gasteiger partial charge in [-0.25, -0.2) is 0 Å². The van der Waals surface area contributed by atoms with E-state index in [0.29, 0.717) is 16.8 Å². The molecule has 0 radical (unpaired) electrons. The Morgan fingerprint density at radius 2 is 1.69 bits per heavy atom. The van der Waals surface area contributed by atoms with Gasteiger partial charge in [-0.3, -0.25) is 24.1 Å². The number of hydrogen-bond donors (Lipinski definition) is 1. The van der Waals surface area contributed by atoms with E-state index in [1.165, 1.54) is 12.0 Å². The smallest absolute Gasteiger partial charge is 0.325 e. The number of nitrogens with one attached hydrogen (secondary N) is 1. The average molecular weight is 393 g/mol. The van der Waals surface area contributed by atoms with E-state index < -0.39 is 12.1 Å². The van der Waals surface area contributed by atoms with Crippen molar-refractivity contribution < 1.29 is 23.9 Å². The van der Waals surface area contributed by atoms with Gasteiger partial charge in [0.1, 0.15) is 12.7 Å². The number of methoxy groups -OCH3 is 1. The predicted molar refractivity (Wildman–Crippen MR) is 103 cm³/mol. The van der Waals surface area contributed by atoms with Crippen LogP contribution in [0.5, 0.6) is 0 Å². The molecule has 2 aliphatic heterocycles. The summed E-state index contributed by atoms with van der Waals surface area (Å²) in [5.74, 6) is -1.35. The Labute approximate surface area is 167 Å². The number of ether oxygens (including phenoxy) is 1. The molecule has 1 N–H and O–H groups in total. The van der Waals surface area contributed by atoms with Gasteiger partial charge in [0.25, 0.3) is 11.8 Å². The second-order valence-electron chi connectivity index (χ2n) is 6.75. The standard InChI is InChI=1S/C21H19N3O5/c1-29-18(26)12-22-17(25)10-11-23-19-13-6-2-3-7-14(13)21(28)24(19)16-9-5-4-8-15(16)20(23)27/h2-9,19H,10-12H2,1H3,(H,22,25). The number of fused-ring (bicyclic) bond motifs is 5. The summed E-state index contributed by atoms with van der Waals surface area (Å²) >= 11 is 0. The number of hydrogen-bond acceptors (Lipinski definition) is 5. The molecule has 8 heteroatoms. The predicted octanol–water partition coefficient (Wildman–Crippen LogP) is 1.48. The molecule has 0 aliphatic carbocycles. The molecule has 2 aromatic carbocycles. The first-order valence-electron chi connectivity index (χ1n) is 9.19. The van der Waals surface area contributed by atoms with E-state index in [4.69, 9.17) is 0 Å². The Kier molecular flexibility index (Phi) is 4.75. The van der Waals surface area contributed by atoms with Crippen LogP contribution >= 0.6 is 0 Å². The third-order valence-electron chi connectivity index (χ3n) is 5.12. The van der Waals surface area contributed by atoms with E-state index in [-0.39, 0.29) is 37.2 Å². The van der Waals surface area contributed by atoms with Crippen LogP contribution in [0.25, 0.3) is 0 Å². The van der Waals surface area contributed by atoms with Crippen LogP contribution in [0.3, 0.4) is 0 Å². The summed E-state index contributed by atoms with van der Waals surface area (Å²) in [4.78, 5) is 52.7. The van der Waals surface area contributed by atoms with Crippen molar-refractivity contribution in [2.75, 3.05) is 25.1 Å². The lowest BCUT2D eigenvalue weighted by Crippen LogP contribution is -2.49. The highest BCUT2D eigenvalue weighted by atomic mass is 16.5. The van der Waals surface area contributed by atoms with E-state index in [0.717, 1.165) is 5.56 Å². The normalized spacial score (nSPS) is 16.8. The molecule has 29 heavy (non-hydrogen) atoms. The van der Waals surface area contributed by atoms with Gasteiger partial charge in [-0.15, -0.1) is 0 Å². The zero-order chi connectivity index (χ0) is 20.5. The number of carbonyl (C=O) groups excluding carboxylic acids is 4. The van der Waals surface area contributed by atoms with E-state index >= 15 is 0 Å². The maximum atomic E-state index is 13.2. The van der Waals surface area contributed by atoms with Crippen molar-refractivity contribution in [2.24, 2.45) is 0 Å². The van der Waals surface area contributed by atoms with Crippen LogP contribution in [-0.4, -0.2) is 48.8 Å². The maximum absolute atomic E-state index is 13.2. The van der Waals surface area contributed by atoms with Gasteiger partial charge in [-0.2, -0.15) is 0 Å². The fourth-order valence-corrected chi connectivity index (χ4v) is 3.75. The molecule has 4 rings (SSSR count). The lowest BCUT2D eigenvalue weighted by molar-refractivity contribution is -0.141. The van der Waals surface area contributed by atoms with Gasteiger partial charge in [0.15, 0.2) is 0 Å². The molecule has 1 atom stereocenters. The minimum Gasteiger partial charge on any atom is -0.468 e. The fraction of sp³-hybridized carbons (Fsp3) is 0.238. The largest absolute Gasteiger partial charge is 0.468 e. The second kappa shape index (κ2) is 7.38. The number of amides is 3. The zero-order valence-corrected chi connectivity index (χ0v) is 15.8. The van der Waals surface area contributed by atoms with Crippen molar-refractivity contribution in [3.05, 3.63) is 65.2 Å². The molecule has 1 unspecified atom stereocenters. The summed E-state index contributed by atoms with van der Waals surface area (Å²) in [7, 11) is 1.24. The van der Waals surface area contributed by atoms with E-state index in [1.807, 2.05) is 12.1 Å². The lowest BCUT2D eigenvalue weighted by Gasteiger charge is -2.40. The molecule has 0 aromatic heterocycles. The first-order valence-corrected chi connectivity index (χ1v) is 9.19. The van der Waals surface area contributed by atoms with Crippen molar-refractivity contribution in [3.63, 3.8) is 0 Å². The highest BCUT2D eigenvalue weighted by Gasteiger charge is 2.47. The van der Waals surface area contributed by atoms with Gasteiger partial charge in [-0.1, -0.05) is 30.3 Å². The summed E-state index contributed by atoms with van der Waals surface area (Å²) in [6.07, 6.45) is -0.611. The molecule has 2 aliphatic rings. The number of carbonyl (C=O) groups is 4. The monoisotopic (exact) mass is 393 g/mol. The van der Waals surface area contributed by atoms with Crippen LogP contribution in [-0.2, 0) is 14.3 Å². The molecular formula is C21H19N3O5. The Morgan fingerprint density at radius 1 is 1.00 bits per heavy atom. The molecule has 0 saturated carbocycles. The number of rotatable bonds is 5. The number of para-hydroxylation sites is 1. The van der Waals surface area contributed by atoms with Crippen molar-refractivity contribution >= 4 is 29.4 Å².